The molecular weight excluding hydrogens is 328 g/mol. The lowest BCUT2D eigenvalue weighted by molar-refractivity contribution is -0.127. The van der Waals surface area contributed by atoms with Crippen LogP contribution in [0.2, 0.25) is 0 Å². The van der Waals surface area contributed by atoms with Crippen LogP contribution in [0.5, 0.6) is 0 Å². The van der Waals surface area contributed by atoms with E-state index in [-0.39, 0.29) is 18.9 Å². The number of nitrogens with two attached hydrogens (primary N) is 1. The van der Waals surface area contributed by atoms with Crippen LogP contribution in [-0.2, 0) is 9.59 Å². The predicted molar refractivity (Wildman–Crippen MR) is 91.4 cm³/mol. The van der Waals surface area contributed by atoms with E-state index in [1.165, 1.54) is 0 Å². The topological polar surface area (TPSA) is 75.4 Å². The largest absolute Gasteiger partial charge is 0.350 e. The number of carbonyl (C=O) groups is 2. The Bertz CT molecular complexity index is 805. The summed E-state index contributed by atoms with van der Waals surface area (Å²) in [7, 11) is 0. The summed E-state index contributed by atoms with van der Waals surface area (Å²) in [6.45, 7) is -1.48. The molecule has 1 saturated heterocycles. The zero-order valence-corrected chi connectivity index (χ0v) is 13.5. The molecule has 1 heterocycles. The number of hydrogen-bond donors (Lipinski definition) is 2. The van der Waals surface area contributed by atoms with Crippen molar-refractivity contribution in [2.75, 3.05) is 24.5 Å². The van der Waals surface area contributed by atoms with Gasteiger partial charge in [-0.3, -0.25) is 9.59 Å². The molecule has 1 fully saturated rings. The second-order valence-corrected chi connectivity index (χ2v) is 6.18. The zero-order valence-electron chi connectivity index (χ0n) is 13.5. The van der Waals surface area contributed by atoms with Crippen molar-refractivity contribution < 1.29 is 18.4 Å². The number of anilines is 1. The Morgan fingerprint density at radius 3 is 2.72 bits per heavy atom. The summed E-state index contributed by atoms with van der Waals surface area (Å²) in [5.41, 5.74) is 5.68. The van der Waals surface area contributed by atoms with E-state index in [4.69, 9.17) is 5.73 Å². The number of hydrogen-bond acceptors (Lipinski definition) is 3. The molecule has 5 nitrogen and oxygen atoms in total. The van der Waals surface area contributed by atoms with Crippen molar-refractivity contribution in [2.45, 2.75) is 12.3 Å². The number of carbonyl (C=O) groups excluding carboxylic acids is 2. The summed E-state index contributed by atoms with van der Waals surface area (Å²) in [4.78, 5) is 26.0. The van der Waals surface area contributed by atoms with Crippen LogP contribution < -0.4 is 16.0 Å². The molecule has 2 aromatic rings. The fourth-order valence-electron chi connectivity index (χ4n) is 2.99. The van der Waals surface area contributed by atoms with E-state index in [0.29, 0.717) is 0 Å². The third kappa shape index (κ3) is 3.61. The van der Waals surface area contributed by atoms with Crippen LogP contribution in [0.4, 0.5) is 14.5 Å². The molecule has 0 spiro atoms. The van der Waals surface area contributed by atoms with Gasteiger partial charge in [0.15, 0.2) is 0 Å². The normalized spacial score (nSPS) is 18.0. The van der Waals surface area contributed by atoms with Crippen LogP contribution in [0.1, 0.15) is 6.42 Å². The lowest BCUT2D eigenvalue weighted by atomic mass is 10.1. The van der Waals surface area contributed by atoms with Gasteiger partial charge in [-0.25, -0.2) is 8.78 Å². The molecule has 1 aliphatic rings. The van der Waals surface area contributed by atoms with Gasteiger partial charge in [0.2, 0.25) is 11.8 Å². The number of nitrogens with one attached hydrogen (secondary N) is 1. The number of halogens is 2. The zero-order chi connectivity index (χ0) is 18.0. The highest BCUT2D eigenvalue weighted by atomic mass is 19.3. The minimum absolute atomic E-state index is 0.00323. The summed E-state index contributed by atoms with van der Waals surface area (Å²) < 4.78 is 26.4. The van der Waals surface area contributed by atoms with Gasteiger partial charge in [0.1, 0.15) is 0 Å². The quantitative estimate of drug-likeness (QED) is 0.867. The monoisotopic (exact) mass is 347 g/mol. The number of amides is 2. The van der Waals surface area contributed by atoms with Crippen molar-refractivity contribution in [3.63, 3.8) is 0 Å². The van der Waals surface area contributed by atoms with E-state index in [1.54, 1.807) is 4.90 Å². The molecule has 0 aromatic heterocycles. The van der Waals surface area contributed by atoms with Gasteiger partial charge in [0.25, 0.3) is 5.92 Å². The molecule has 1 unspecified atom stereocenters. The molecule has 0 saturated carbocycles. The van der Waals surface area contributed by atoms with Crippen LogP contribution in [-0.4, -0.2) is 37.4 Å². The maximum Gasteiger partial charge on any atom is 0.277 e. The molecule has 0 radical (unpaired) electrons. The molecule has 1 atom stereocenters. The first-order valence-electron chi connectivity index (χ1n) is 8.05. The van der Waals surface area contributed by atoms with E-state index in [9.17, 15) is 18.4 Å². The molecule has 2 aromatic carbocycles. The molecule has 1 aliphatic heterocycles. The van der Waals surface area contributed by atoms with E-state index in [1.807, 2.05) is 42.5 Å². The molecule has 3 N–H and O–H groups in total. The number of nitrogens with zero attached hydrogens (tertiary/aromatic N) is 1. The number of fused-ring (bicyclic) bond motifs is 1. The Labute approximate surface area is 143 Å². The second kappa shape index (κ2) is 6.76. The number of rotatable bonds is 5. The number of alkyl halides is 2. The first-order valence-corrected chi connectivity index (χ1v) is 8.05. The van der Waals surface area contributed by atoms with Gasteiger partial charge in [-0.15, -0.1) is 0 Å². The van der Waals surface area contributed by atoms with E-state index < -0.39 is 30.8 Å². The van der Waals surface area contributed by atoms with E-state index >= 15 is 0 Å². The van der Waals surface area contributed by atoms with Crippen molar-refractivity contribution in [1.82, 2.24) is 5.32 Å². The first kappa shape index (κ1) is 17.3. The Morgan fingerprint density at radius 1 is 1.24 bits per heavy atom. The molecule has 3 rings (SSSR count). The summed E-state index contributed by atoms with van der Waals surface area (Å²) >= 11 is 0. The third-order valence-electron chi connectivity index (χ3n) is 4.37. The smallest absolute Gasteiger partial charge is 0.277 e. The molecule has 132 valence electrons. The second-order valence-electron chi connectivity index (χ2n) is 6.18. The van der Waals surface area contributed by atoms with Crippen LogP contribution in [0.25, 0.3) is 10.8 Å². The van der Waals surface area contributed by atoms with Gasteiger partial charge < -0.3 is 16.0 Å². The van der Waals surface area contributed by atoms with Crippen molar-refractivity contribution in [2.24, 2.45) is 11.7 Å². The third-order valence-corrected chi connectivity index (χ3v) is 4.37. The average molecular weight is 347 g/mol. The lowest BCUT2D eigenvalue weighted by Crippen LogP contribution is -2.44. The fraction of sp³-hybridized carbons (Fsp3) is 0.333. The average Bonchev–Trinajstić information content (AvgIpc) is 3.01. The summed E-state index contributed by atoms with van der Waals surface area (Å²) in [6.07, 6.45) is 0.00323. The predicted octanol–water partition coefficient (Wildman–Crippen LogP) is 1.90. The Kier molecular flexibility index (Phi) is 4.67. The maximum absolute atomic E-state index is 13.2. The maximum atomic E-state index is 13.2. The Balaban J connectivity index is 1.75. The van der Waals surface area contributed by atoms with Gasteiger partial charge in [-0.2, -0.15) is 0 Å². The highest BCUT2D eigenvalue weighted by Crippen LogP contribution is 2.31. The van der Waals surface area contributed by atoms with Crippen molar-refractivity contribution in [1.29, 1.82) is 0 Å². The van der Waals surface area contributed by atoms with Gasteiger partial charge >= 0.3 is 0 Å². The van der Waals surface area contributed by atoms with E-state index in [0.717, 1.165) is 16.5 Å². The molecule has 0 aliphatic carbocycles. The fourth-order valence-corrected chi connectivity index (χ4v) is 2.99. The van der Waals surface area contributed by atoms with Gasteiger partial charge in [0, 0.05) is 18.4 Å². The minimum atomic E-state index is -3.15. The van der Waals surface area contributed by atoms with Gasteiger partial charge in [-0.05, 0) is 11.5 Å². The van der Waals surface area contributed by atoms with Gasteiger partial charge in [0.05, 0.1) is 24.7 Å². The van der Waals surface area contributed by atoms with Crippen molar-refractivity contribution in [3.05, 3.63) is 42.5 Å². The van der Waals surface area contributed by atoms with Crippen LogP contribution in [0.3, 0.4) is 0 Å². The van der Waals surface area contributed by atoms with Gasteiger partial charge in [-0.1, -0.05) is 36.4 Å². The molecule has 25 heavy (non-hydrogen) atoms. The highest BCUT2D eigenvalue weighted by molar-refractivity contribution is 6.06. The van der Waals surface area contributed by atoms with Crippen molar-refractivity contribution >= 4 is 28.3 Å². The first-order chi connectivity index (χ1) is 11.9. The number of benzene rings is 2. The Morgan fingerprint density at radius 2 is 1.96 bits per heavy atom. The SMILES string of the molecule is NCC(F)(F)CNC(=O)C1CC(=O)N(c2cccc3ccccc23)C1. The van der Waals surface area contributed by atoms with Crippen LogP contribution >= 0.6 is 0 Å². The molecule has 2 amide bonds. The Hall–Kier alpha value is -2.54. The molecule has 7 heteroatoms. The lowest BCUT2D eigenvalue weighted by Gasteiger charge is -2.19. The van der Waals surface area contributed by atoms with Crippen LogP contribution in [0, 0.1) is 5.92 Å². The van der Waals surface area contributed by atoms with Crippen LogP contribution in [0.15, 0.2) is 42.5 Å². The summed E-state index contributed by atoms with van der Waals surface area (Å²) in [6, 6.07) is 13.3. The highest BCUT2D eigenvalue weighted by Gasteiger charge is 2.37. The summed E-state index contributed by atoms with van der Waals surface area (Å²) in [5.74, 6) is -4.54. The molecular formula is C18H19F2N3O2. The minimum Gasteiger partial charge on any atom is -0.350 e. The standard InChI is InChI=1S/C18H19F2N3O2/c19-18(20,10-21)11-22-17(25)13-8-16(24)23(9-13)15-7-3-5-12-4-1-2-6-14(12)15/h1-7,13H,8-11,21H2,(H,22,25). The van der Waals surface area contributed by atoms with Crippen molar-refractivity contribution in [3.8, 4) is 0 Å². The summed E-state index contributed by atoms with van der Waals surface area (Å²) in [5, 5.41) is 4.10. The van der Waals surface area contributed by atoms with E-state index in [2.05, 4.69) is 5.32 Å². The molecule has 0 bridgehead atoms.